The average Bonchev–Trinajstić information content (AvgIpc) is 3.44. The lowest BCUT2D eigenvalue weighted by Gasteiger charge is -2.72. The van der Waals surface area contributed by atoms with Gasteiger partial charge in [-0.15, -0.1) is 0 Å². The van der Waals surface area contributed by atoms with Crippen molar-refractivity contribution in [2.75, 3.05) is 13.7 Å². The van der Waals surface area contributed by atoms with Crippen LogP contribution >= 0.6 is 0 Å². The molecule has 10 atom stereocenters. The van der Waals surface area contributed by atoms with Crippen molar-refractivity contribution in [3.63, 3.8) is 0 Å². The second-order valence-electron chi connectivity index (χ2n) is 18.9. The lowest BCUT2D eigenvalue weighted by molar-refractivity contribution is -0.248. The van der Waals surface area contributed by atoms with Gasteiger partial charge < -0.3 is 14.8 Å². The molecular weight excluding hydrogens is 610 g/mol. The first kappa shape index (κ1) is 38.4. The molecule has 6 nitrogen and oxygen atoms in total. The Morgan fingerprint density at radius 2 is 1.41 bits per heavy atom. The molecule has 1 unspecified atom stereocenters. The molecule has 1 N–H and O–H groups in total. The third kappa shape index (κ3) is 6.67. The van der Waals surface area contributed by atoms with Crippen LogP contribution in [0.5, 0.6) is 0 Å². The Hall–Kier alpha value is -1.85. The molecule has 278 valence electrons. The third-order valence-corrected chi connectivity index (χ3v) is 16.3. The van der Waals surface area contributed by atoms with Crippen LogP contribution in [0.4, 0.5) is 0 Å². The quantitative estimate of drug-likeness (QED) is 0.119. The first-order valence-corrected chi connectivity index (χ1v) is 20.3. The van der Waals surface area contributed by atoms with Gasteiger partial charge in [0, 0.05) is 25.3 Å². The fourth-order valence-electron chi connectivity index (χ4n) is 13.7. The van der Waals surface area contributed by atoms with E-state index in [0.29, 0.717) is 41.9 Å². The number of esters is 2. The molecule has 0 bridgehead atoms. The summed E-state index contributed by atoms with van der Waals surface area (Å²) >= 11 is 0. The Morgan fingerprint density at radius 1 is 0.735 bits per heavy atom. The van der Waals surface area contributed by atoms with E-state index in [0.717, 1.165) is 77.2 Å². The highest BCUT2D eigenvalue weighted by Crippen LogP contribution is 2.77. The van der Waals surface area contributed by atoms with Crippen molar-refractivity contribution in [3.8, 4) is 0 Å². The predicted octanol–water partition coefficient (Wildman–Crippen LogP) is 9.99. The van der Waals surface area contributed by atoms with E-state index < -0.39 is 0 Å². The second kappa shape index (κ2) is 14.6. The molecule has 0 aromatic heterocycles. The van der Waals surface area contributed by atoms with Gasteiger partial charge in [-0.1, -0.05) is 78.9 Å². The summed E-state index contributed by atoms with van der Waals surface area (Å²) in [5, 5.41) is 3.49. The van der Waals surface area contributed by atoms with Crippen LogP contribution in [0.15, 0.2) is 12.2 Å². The van der Waals surface area contributed by atoms with Gasteiger partial charge in [-0.2, -0.15) is 0 Å². The maximum absolute atomic E-state index is 14.4. The van der Waals surface area contributed by atoms with E-state index in [2.05, 4.69) is 53.4 Å². The van der Waals surface area contributed by atoms with Crippen molar-refractivity contribution in [1.29, 1.82) is 0 Å². The molecule has 0 aliphatic heterocycles. The summed E-state index contributed by atoms with van der Waals surface area (Å²) in [6.07, 6.45) is 19.5. The van der Waals surface area contributed by atoms with Gasteiger partial charge in [0.1, 0.15) is 6.10 Å². The monoisotopic (exact) mass is 682 g/mol. The van der Waals surface area contributed by atoms with E-state index >= 15 is 0 Å². The van der Waals surface area contributed by atoms with Gasteiger partial charge in [0.25, 0.3) is 0 Å². The number of rotatable bonds is 13. The maximum atomic E-state index is 14.4. The topological polar surface area (TPSA) is 81.7 Å². The number of carbonyl (C=O) groups excluding carboxylic acids is 3. The Bertz CT molecular complexity index is 1240. The minimum atomic E-state index is -0.262. The molecule has 0 spiro atoms. The number of fused-ring (bicyclic) bond motifs is 7. The van der Waals surface area contributed by atoms with Crippen LogP contribution < -0.4 is 5.32 Å². The summed E-state index contributed by atoms with van der Waals surface area (Å²) in [6, 6.07) is 0. The summed E-state index contributed by atoms with van der Waals surface area (Å²) in [7, 11) is 1.45. The standard InChI is InChI=1S/C43H71NO5/c1-29(2)31-20-25-43(38(47)44-28-16-14-12-10-11-13-15-17-36(46)48-9)27-26-41(7)32(37(31)43)18-19-34-40(6)23-22-35(49-30(3)45)39(4,5)33(40)21-24-42(34,41)8/h31-35,37H,1,10-28H2,2-9H3,(H,44,47)/t31-,32+,33-,34?,35-,37+,40-,41+,42+,43-/m0/s1. The molecule has 0 aromatic carbocycles. The van der Waals surface area contributed by atoms with E-state index in [4.69, 9.17) is 9.47 Å². The van der Waals surface area contributed by atoms with E-state index in [-0.39, 0.29) is 45.1 Å². The number of allylic oxidation sites excluding steroid dienone is 1. The van der Waals surface area contributed by atoms with Gasteiger partial charge in [0.2, 0.25) is 5.91 Å². The van der Waals surface area contributed by atoms with Crippen LogP contribution in [-0.2, 0) is 23.9 Å². The first-order chi connectivity index (χ1) is 23.1. The number of nitrogens with one attached hydrogen (secondary N) is 1. The van der Waals surface area contributed by atoms with Crippen LogP contribution in [0.25, 0.3) is 0 Å². The summed E-state index contributed by atoms with van der Waals surface area (Å²) in [5.74, 6) is 2.63. The minimum absolute atomic E-state index is 0.00674. The highest BCUT2D eigenvalue weighted by molar-refractivity contribution is 5.84. The summed E-state index contributed by atoms with van der Waals surface area (Å²) in [5.41, 5.74) is 1.66. The zero-order valence-electron chi connectivity index (χ0n) is 32.6. The third-order valence-electron chi connectivity index (χ3n) is 16.3. The summed E-state index contributed by atoms with van der Waals surface area (Å²) in [4.78, 5) is 37.8. The SMILES string of the molecule is C=C(C)[C@@H]1CC[C@]2(C(=O)NCCCCCCCCCC(=O)OC)CC[C@]3(C)[C@H](CCC4[C@@]5(C)CC[C@H](OC(C)=O)C(C)(C)[C@@H]5CC[C@]43C)[C@@H]12. The zero-order valence-corrected chi connectivity index (χ0v) is 32.6. The van der Waals surface area contributed by atoms with Crippen molar-refractivity contribution in [3.05, 3.63) is 12.2 Å². The molecule has 5 aliphatic carbocycles. The van der Waals surface area contributed by atoms with Gasteiger partial charge in [-0.25, -0.2) is 0 Å². The Morgan fingerprint density at radius 3 is 2.06 bits per heavy atom. The molecule has 0 aromatic rings. The highest BCUT2D eigenvalue weighted by Gasteiger charge is 2.72. The Kier molecular flexibility index (Phi) is 11.5. The molecule has 1 amide bonds. The van der Waals surface area contributed by atoms with Crippen molar-refractivity contribution in [2.24, 2.45) is 56.7 Å². The van der Waals surface area contributed by atoms with Crippen LogP contribution in [-0.4, -0.2) is 37.6 Å². The Balaban J connectivity index is 1.26. The summed E-state index contributed by atoms with van der Waals surface area (Å²) in [6.45, 7) is 21.8. The maximum Gasteiger partial charge on any atom is 0.305 e. The van der Waals surface area contributed by atoms with Crippen LogP contribution in [0, 0.1) is 56.7 Å². The fraction of sp³-hybridized carbons (Fsp3) is 0.884. The van der Waals surface area contributed by atoms with E-state index in [1.54, 1.807) is 6.92 Å². The molecule has 5 aliphatic rings. The van der Waals surface area contributed by atoms with E-state index in [1.807, 2.05) is 0 Å². The minimum Gasteiger partial charge on any atom is -0.469 e. The van der Waals surface area contributed by atoms with Crippen molar-refractivity contribution in [2.45, 2.75) is 170 Å². The Labute approximate surface area is 299 Å². The van der Waals surface area contributed by atoms with Crippen LogP contribution in [0.3, 0.4) is 0 Å². The lowest BCUT2D eigenvalue weighted by Crippen LogP contribution is -2.67. The number of unbranched alkanes of at least 4 members (excludes halogenated alkanes) is 6. The predicted molar refractivity (Wildman–Crippen MR) is 196 cm³/mol. The van der Waals surface area contributed by atoms with Gasteiger partial charge in [0.05, 0.1) is 12.5 Å². The molecule has 5 rings (SSSR count). The highest BCUT2D eigenvalue weighted by atomic mass is 16.5. The number of carbonyl (C=O) groups is 3. The molecule has 0 heterocycles. The average molecular weight is 682 g/mol. The number of hydrogen-bond acceptors (Lipinski definition) is 5. The van der Waals surface area contributed by atoms with Gasteiger partial charge in [-0.3, -0.25) is 14.4 Å². The van der Waals surface area contributed by atoms with Crippen molar-refractivity contribution in [1.82, 2.24) is 5.32 Å². The van der Waals surface area contributed by atoms with E-state index in [9.17, 15) is 14.4 Å². The molecular formula is C43H71NO5. The largest absolute Gasteiger partial charge is 0.469 e. The van der Waals surface area contributed by atoms with Crippen LogP contribution in [0.2, 0.25) is 0 Å². The molecule has 6 heteroatoms. The number of methoxy groups -OCH3 is 1. The first-order valence-electron chi connectivity index (χ1n) is 20.3. The van der Waals surface area contributed by atoms with Gasteiger partial charge in [-0.05, 0) is 130 Å². The number of ether oxygens (including phenoxy) is 2. The molecule has 5 saturated carbocycles. The van der Waals surface area contributed by atoms with Crippen molar-refractivity contribution >= 4 is 17.8 Å². The molecule has 5 fully saturated rings. The van der Waals surface area contributed by atoms with Crippen LogP contribution in [0.1, 0.15) is 164 Å². The van der Waals surface area contributed by atoms with E-state index in [1.165, 1.54) is 51.2 Å². The summed E-state index contributed by atoms with van der Waals surface area (Å²) < 4.78 is 10.7. The normalized spacial score (nSPS) is 40.6. The second-order valence-corrected chi connectivity index (χ2v) is 18.9. The molecule has 0 radical (unpaired) electrons. The number of hydrogen-bond donors (Lipinski definition) is 1. The number of amides is 1. The fourth-order valence-corrected chi connectivity index (χ4v) is 13.7. The molecule has 0 saturated heterocycles. The lowest BCUT2D eigenvalue weighted by atomic mass is 9.32. The molecule has 49 heavy (non-hydrogen) atoms. The zero-order chi connectivity index (χ0) is 35.8. The van der Waals surface area contributed by atoms with Gasteiger partial charge >= 0.3 is 11.9 Å². The van der Waals surface area contributed by atoms with Gasteiger partial charge in [0.15, 0.2) is 0 Å². The smallest absolute Gasteiger partial charge is 0.305 e. The van der Waals surface area contributed by atoms with Crippen molar-refractivity contribution < 1.29 is 23.9 Å².